The van der Waals surface area contributed by atoms with Crippen molar-refractivity contribution in [3.8, 4) is 0 Å². The third kappa shape index (κ3) is 2.23. The molecule has 12 heavy (non-hydrogen) atoms. The van der Waals surface area contributed by atoms with Crippen molar-refractivity contribution in [2.45, 2.75) is 6.92 Å². The zero-order chi connectivity index (χ0) is 8.81. The van der Waals surface area contributed by atoms with E-state index in [0.717, 1.165) is 12.2 Å². The Labute approximate surface area is 71.0 Å². The van der Waals surface area contributed by atoms with Gasteiger partial charge in [-0.2, -0.15) is 0 Å². The number of hydrogen-bond acceptors (Lipinski definition) is 3. The molecule has 0 saturated carbocycles. The smallest absolute Gasteiger partial charge is 0.212 e. The minimum absolute atomic E-state index is 0.562. The lowest BCUT2D eigenvalue weighted by atomic mass is 10.4. The second-order valence-corrected chi connectivity index (χ2v) is 2.22. The van der Waals surface area contributed by atoms with Crippen LogP contribution >= 0.6 is 0 Å². The largest absolute Gasteiger partial charge is 0.384 e. The summed E-state index contributed by atoms with van der Waals surface area (Å²) in [5.41, 5.74) is 0.953. The highest BCUT2D eigenvalue weighted by molar-refractivity contribution is 5.69. The van der Waals surface area contributed by atoms with Crippen molar-refractivity contribution in [2.75, 3.05) is 17.2 Å². The summed E-state index contributed by atoms with van der Waals surface area (Å²) >= 11 is 0. The Morgan fingerprint density at radius 2 is 2.42 bits per heavy atom. The van der Waals surface area contributed by atoms with Crippen LogP contribution in [0.15, 0.2) is 18.3 Å². The predicted octanol–water partition coefficient (Wildman–Crippen LogP) is 1.08. The van der Waals surface area contributed by atoms with E-state index in [0.29, 0.717) is 12.2 Å². The van der Waals surface area contributed by atoms with Gasteiger partial charge in [0.2, 0.25) is 6.41 Å². The molecule has 0 aliphatic heterocycles. The zero-order valence-electron chi connectivity index (χ0n) is 6.87. The Kier molecular flexibility index (Phi) is 3.07. The first-order valence-corrected chi connectivity index (χ1v) is 3.77. The molecule has 0 spiro atoms. The average molecular weight is 165 g/mol. The van der Waals surface area contributed by atoms with Crippen molar-refractivity contribution in [1.29, 1.82) is 0 Å². The number of nitrogens with zero attached hydrogens (tertiary/aromatic N) is 1. The van der Waals surface area contributed by atoms with Gasteiger partial charge in [-0.3, -0.25) is 4.79 Å². The van der Waals surface area contributed by atoms with Gasteiger partial charge < -0.3 is 10.6 Å². The van der Waals surface area contributed by atoms with Crippen LogP contribution in [0.3, 0.4) is 0 Å². The monoisotopic (exact) mass is 165 g/mol. The first kappa shape index (κ1) is 8.52. The van der Waals surface area contributed by atoms with Crippen molar-refractivity contribution in [2.24, 2.45) is 0 Å². The van der Waals surface area contributed by atoms with Crippen molar-refractivity contribution in [3.63, 3.8) is 0 Å². The summed E-state index contributed by atoms with van der Waals surface area (Å²) in [4.78, 5) is 14.0. The molecule has 1 heterocycles. The summed E-state index contributed by atoms with van der Waals surface area (Å²) in [6.45, 7) is 2.87. The Balaban J connectivity index is 2.64. The van der Waals surface area contributed by atoms with E-state index < -0.39 is 0 Å². The molecule has 0 aromatic carbocycles. The fourth-order valence-electron chi connectivity index (χ4n) is 0.848. The van der Waals surface area contributed by atoms with E-state index in [1.165, 1.54) is 0 Å². The highest BCUT2D eigenvalue weighted by Crippen LogP contribution is 2.07. The first-order valence-electron chi connectivity index (χ1n) is 3.77. The lowest BCUT2D eigenvalue weighted by Crippen LogP contribution is -1.99. The van der Waals surface area contributed by atoms with Crippen LogP contribution in [0.1, 0.15) is 6.92 Å². The van der Waals surface area contributed by atoms with Crippen LogP contribution in [0.5, 0.6) is 0 Å². The van der Waals surface area contributed by atoms with Gasteiger partial charge in [0.25, 0.3) is 0 Å². The van der Waals surface area contributed by atoms with Gasteiger partial charge in [0.15, 0.2) is 0 Å². The lowest BCUT2D eigenvalue weighted by molar-refractivity contribution is -0.105. The third-order valence-corrected chi connectivity index (χ3v) is 1.35. The number of aromatic nitrogens is 1. The van der Waals surface area contributed by atoms with Crippen LogP contribution in [0.2, 0.25) is 0 Å². The standard InChI is InChI=1S/C8H11N3O/c1-2-9-7-3-4-8(10-5-7)11-6-12/h3-6,9H,2H2,1H3,(H,10,11,12). The number of anilines is 2. The maximum atomic E-state index is 10.0. The molecule has 1 aromatic rings. The van der Waals surface area contributed by atoms with Gasteiger partial charge in [-0.15, -0.1) is 0 Å². The van der Waals surface area contributed by atoms with E-state index in [-0.39, 0.29) is 0 Å². The summed E-state index contributed by atoms with van der Waals surface area (Å²) < 4.78 is 0. The van der Waals surface area contributed by atoms with E-state index in [1.807, 2.05) is 13.0 Å². The van der Waals surface area contributed by atoms with Gasteiger partial charge in [-0.25, -0.2) is 4.98 Å². The molecule has 2 N–H and O–H groups in total. The van der Waals surface area contributed by atoms with Crippen LogP contribution < -0.4 is 10.6 Å². The average Bonchev–Trinajstić information content (AvgIpc) is 2.09. The molecular formula is C8H11N3O. The van der Waals surface area contributed by atoms with Crippen LogP contribution in [0.4, 0.5) is 11.5 Å². The van der Waals surface area contributed by atoms with Gasteiger partial charge in [0, 0.05) is 6.54 Å². The van der Waals surface area contributed by atoms with E-state index in [2.05, 4.69) is 15.6 Å². The molecule has 0 saturated heterocycles. The van der Waals surface area contributed by atoms with E-state index in [1.54, 1.807) is 12.3 Å². The maximum Gasteiger partial charge on any atom is 0.212 e. The van der Waals surface area contributed by atoms with Gasteiger partial charge in [-0.05, 0) is 19.1 Å². The molecule has 1 aromatic heterocycles. The van der Waals surface area contributed by atoms with Gasteiger partial charge in [0.05, 0.1) is 11.9 Å². The summed E-state index contributed by atoms with van der Waals surface area (Å²) in [5, 5.41) is 5.56. The van der Waals surface area contributed by atoms with Gasteiger partial charge >= 0.3 is 0 Å². The fraction of sp³-hybridized carbons (Fsp3) is 0.250. The van der Waals surface area contributed by atoms with Gasteiger partial charge in [-0.1, -0.05) is 0 Å². The molecule has 0 aliphatic rings. The molecule has 0 radical (unpaired) electrons. The fourth-order valence-corrected chi connectivity index (χ4v) is 0.848. The third-order valence-electron chi connectivity index (χ3n) is 1.35. The minimum Gasteiger partial charge on any atom is -0.384 e. The molecule has 0 atom stereocenters. The second kappa shape index (κ2) is 4.33. The molecule has 1 amide bonds. The number of pyridine rings is 1. The highest BCUT2D eigenvalue weighted by atomic mass is 16.1. The van der Waals surface area contributed by atoms with Crippen LogP contribution in [-0.2, 0) is 4.79 Å². The Morgan fingerprint density at radius 3 is 2.92 bits per heavy atom. The Morgan fingerprint density at radius 1 is 1.58 bits per heavy atom. The number of rotatable bonds is 4. The molecule has 0 aliphatic carbocycles. The number of nitrogens with one attached hydrogen (secondary N) is 2. The predicted molar refractivity (Wildman–Crippen MR) is 48.1 cm³/mol. The molecule has 4 nitrogen and oxygen atoms in total. The van der Waals surface area contributed by atoms with Crippen LogP contribution in [0.25, 0.3) is 0 Å². The quantitative estimate of drug-likeness (QED) is 0.656. The van der Waals surface area contributed by atoms with Crippen molar-refractivity contribution >= 4 is 17.9 Å². The summed E-state index contributed by atoms with van der Waals surface area (Å²) in [5.74, 6) is 0.562. The number of carbonyl (C=O) groups excluding carboxylic acids is 1. The van der Waals surface area contributed by atoms with Crippen molar-refractivity contribution in [1.82, 2.24) is 4.98 Å². The number of amides is 1. The van der Waals surface area contributed by atoms with Crippen molar-refractivity contribution in [3.05, 3.63) is 18.3 Å². The second-order valence-electron chi connectivity index (χ2n) is 2.22. The first-order chi connectivity index (χ1) is 5.86. The SMILES string of the molecule is CCNc1ccc(NC=O)nc1. The summed E-state index contributed by atoms with van der Waals surface area (Å²) in [6.07, 6.45) is 2.28. The summed E-state index contributed by atoms with van der Waals surface area (Å²) in [6, 6.07) is 3.61. The summed E-state index contributed by atoms with van der Waals surface area (Å²) in [7, 11) is 0. The van der Waals surface area contributed by atoms with E-state index in [9.17, 15) is 4.79 Å². The highest BCUT2D eigenvalue weighted by Gasteiger charge is 1.91. The Hall–Kier alpha value is -1.58. The van der Waals surface area contributed by atoms with E-state index in [4.69, 9.17) is 0 Å². The topological polar surface area (TPSA) is 54.0 Å². The molecule has 64 valence electrons. The van der Waals surface area contributed by atoms with Crippen molar-refractivity contribution < 1.29 is 4.79 Å². The van der Waals surface area contributed by atoms with Gasteiger partial charge in [0.1, 0.15) is 5.82 Å². The number of hydrogen-bond donors (Lipinski definition) is 2. The Bertz CT molecular complexity index is 245. The molecule has 1 rings (SSSR count). The maximum absolute atomic E-state index is 10.0. The molecular weight excluding hydrogens is 154 g/mol. The molecule has 0 fully saturated rings. The molecule has 4 heteroatoms. The van der Waals surface area contributed by atoms with Crippen LogP contribution in [-0.4, -0.2) is 17.9 Å². The van der Waals surface area contributed by atoms with Crippen LogP contribution in [0, 0.1) is 0 Å². The minimum atomic E-state index is 0.562. The molecule has 0 unspecified atom stereocenters. The molecule has 0 bridgehead atoms. The van der Waals surface area contributed by atoms with E-state index >= 15 is 0 Å². The zero-order valence-corrected chi connectivity index (χ0v) is 6.87. The number of carbonyl (C=O) groups is 1. The normalized spacial score (nSPS) is 9.08. The lowest BCUT2D eigenvalue weighted by Gasteiger charge is -2.02.